The zero-order chi connectivity index (χ0) is 26.6. The number of aromatic nitrogens is 5. The quantitative estimate of drug-likeness (QED) is 0.285. The third-order valence-electron chi connectivity index (χ3n) is 5.54. The third kappa shape index (κ3) is 5.12. The number of carbonyl (C=O) groups excluding carboxylic acids is 2. The SMILES string of the molecule is COC(=O)c1ccc(-c2cc(NCc3ccc(Cl)s3)n(C(=O)c3cnoc3)n2)c(=O)n1Cc1ccccn1. The van der Waals surface area contributed by atoms with Gasteiger partial charge in [0.1, 0.15) is 29.0 Å². The van der Waals surface area contributed by atoms with Crippen LogP contribution in [0.4, 0.5) is 5.82 Å². The maximum atomic E-state index is 13.7. The van der Waals surface area contributed by atoms with Crippen molar-refractivity contribution in [3.8, 4) is 11.3 Å². The fraction of sp³-hybridized carbons (Fsp3) is 0.120. The van der Waals surface area contributed by atoms with Crippen molar-refractivity contribution in [1.82, 2.24) is 24.5 Å². The molecule has 0 aliphatic heterocycles. The van der Waals surface area contributed by atoms with Crippen molar-refractivity contribution in [3.63, 3.8) is 0 Å². The van der Waals surface area contributed by atoms with Crippen molar-refractivity contribution in [2.75, 3.05) is 12.4 Å². The number of pyridine rings is 2. The normalized spacial score (nSPS) is 10.9. The standard InChI is InChI=1S/C25H19ClN6O5S/c1-36-25(35)20-7-6-18(24(34)31(20)13-16-4-2-3-9-27-16)19-10-22(28-12-17-5-8-21(26)38-17)32(30-19)23(33)15-11-29-37-14-15/h2-11,14,28H,12-13H2,1H3. The first kappa shape index (κ1) is 25.1. The first-order chi connectivity index (χ1) is 18.4. The van der Waals surface area contributed by atoms with Gasteiger partial charge in [-0.1, -0.05) is 22.8 Å². The Morgan fingerprint density at radius 2 is 2.05 bits per heavy atom. The number of methoxy groups -OCH3 is 1. The Morgan fingerprint density at radius 1 is 1.18 bits per heavy atom. The van der Waals surface area contributed by atoms with E-state index >= 15 is 0 Å². The number of rotatable bonds is 8. The van der Waals surface area contributed by atoms with Gasteiger partial charge in [0.05, 0.1) is 42.0 Å². The molecule has 0 bridgehead atoms. The van der Waals surface area contributed by atoms with E-state index in [2.05, 4.69) is 20.6 Å². The third-order valence-corrected chi connectivity index (χ3v) is 6.78. The van der Waals surface area contributed by atoms with E-state index in [9.17, 15) is 14.4 Å². The summed E-state index contributed by atoms with van der Waals surface area (Å²) >= 11 is 7.43. The maximum Gasteiger partial charge on any atom is 0.354 e. The van der Waals surface area contributed by atoms with Crippen LogP contribution in [0.2, 0.25) is 4.34 Å². The molecular weight excluding hydrogens is 532 g/mol. The Balaban J connectivity index is 1.58. The minimum atomic E-state index is -0.672. The number of nitrogens with one attached hydrogen (secondary N) is 1. The van der Waals surface area contributed by atoms with Gasteiger partial charge in [0.2, 0.25) is 0 Å². The van der Waals surface area contributed by atoms with Crippen LogP contribution in [0.15, 0.2) is 76.5 Å². The predicted octanol–water partition coefficient (Wildman–Crippen LogP) is 3.95. The number of halogens is 1. The van der Waals surface area contributed by atoms with E-state index < -0.39 is 17.4 Å². The maximum absolute atomic E-state index is 13.7. The molecule has 5 aromatic heterocycles. The molecule has 0 amide bonds. The molecule has 38 heavy (non-hydrogen) atoms. The molecule has 5 heterocycles. The summed E-state index contributed by atoms with van der Waals surface area (Å²) in [7, 11) is 1.24. The second-order valence-corrected chi connectivity index (χ2v) is 9.74. The summed E-state index contributed by atoms with van der Waals surface area (Å²) in [5.41, 5.74) is 0.694. The molecule has 0 aliphatic carbocycles. The second kappa shape index (κ2) is 10.8. The van der Waals surface area contributed by atoms with Crippen LogP contribution < -0.4 is 10.9 Å². The molecule has 0 unspecified atom stereocenters. The monoisotopic (exact) mass is 550 g/mol. The number of thiophene rings is 1. The topological polar surface area (TPSA) is 134 Å². The van der Waals surface area contributed by atoms with E-state index in [-0.39, 0.29) is 29.1 Å². The Labute approximate surface area is 224 Å². The molecular formula is C25H19ClN6O5S. The Bertz CT molecular complexity index is 1660. The van der Waals surface area contributed by atoms with Crippen LogP contribution in [-0.4, -0.2) is 43.5 Å². The highest BCUT2D eigenvalue weighted by molar-refractivity contribution is 7.16. The summed E-state index contributed by atoms with van der Waals surface area (Å²) < 4.78 is 12.7. The summed E-state index contributed by atoms with van der Waals surface area (Å²) in [6, 6.07) is 13.5. The van der Waals surface area contributed by atoms with E-state index in [1.54, 1.807) is 36.5 Å². The van der Waals surface area contributed by atoms with Crippen LogP contribution in [0.25, 0.3) is 11.3 Å². The summed E-state index contributed by atoms with van der Waals surface area (Å²) in [5.74, 6) is -0.845. The second-order valence-electron chi connectivity index (χ2n) is 7.94. The molecule has 0 aromatic carbocycles. The van der Waals surface area contributed by atoms with Gasteiger partial charge in [-0.2, -0.15) is 9.78 Å². The lowest BCUT2D eigenvalue weighted by molar-refractivity contribution is 0.0587. The Morgan fingerprint density at radius 3 is 2.74 bits per heavy atom. The van der Waals surface area contributed by atoms with Crippen LogP contribution in [0.1, 0.15) is 31.4 Å². The number of nitrogens with zero attached hydrogens (tertiary/aromatic N) is 5. The highest BCUT2D eigenvalue weighted by Gasteiger charge is 2.22. The zero-order valence-electron chi connectivity index (χ0n) is 19.8. The van der Waals surface area contributed by atoms with Gasteiger partial charge < -0.3 is 14.6 Å². The van der Waals surface area contributed by atoms with E-state index in [1.807, 2.05) is 6.07 Å². The number of ether oxygens (including phenoxy) is 1. The molecule has 192 valence electrons. The van der Waals surface area contributed by atoms with Crippen LogP contribution in [-0.2, 0) is 17.8 Å². The molecule has 5 aromatic rings. The van der Waals surface area contributed by atoms with Crippen molar-refractivity contribution in [3.05, 3.63) is 104 Å². The lowest BCUT2D eigenvalue weighted by atomic mass is 10.1. The fourth-order valence-corrected chi connectivity index (χ4v) is 4.74. The van der Waals surface area contributed by atoms with E-state index in [1.165, 1.54) is 47.6 Å². The summed E-state index contributed by atoms with van der Waals surface area (Å²) in [6.07, 6.45) is 4.08. The van der Waals surface area contributed by atoms with Crippen molar-refractivity contribution in [1.29, 1.82) is 0 Å². The van der Waals surface area contributed by atoms with Gasteiger partial charge >= 0.3 is 5.97 Å². The average Bonchev–Trinajstić information content (AvgIpc) is 3.70. The van der Waals surface area contributed by atoms with Gasteiger partial charge in [-0.05, 0) is 36.4 Å². The molecule has 0 atom stereocenters. The van der Waals surface area contributed by atoms with Crippen LogP contribution in [0.5, 0.6) is 0 Å². The zero-order valence-corrected chi connectivity index (χ0v) is 21.4. The molecule has 0 fully saturated rings. The molecule has 0 saturated carbocycles. The van der Waals surface area contributed by atoms with Crippen molar-refractivity contribution in [2.24, 2.45) is 0 Å². The molecule has 0 saturated heterocycles. The van der Waals surface area contributed by atoms with Crippen LogP contribution in [0, 0.1) is 0 Å². The first-order valence-corrected chi connectivity index (χ1v) is 12.4. The fourth-order valence-electron chi connectivity index (χ4n) is 3.72. The lowest BCUT2D eigenvalue weighted by Gasteiger charge is -2.12. The number of carbonyl (C=O) groups is 2. The van der Waals surface area contributed by atoms with E-state index in [0.717, 1.165) is 9.56 Å². The highest BCUT2D eigenvalue weighted by Crippen LogP contribution is 2.25. The van der Waals surface area contributed by atoms with Gasteiger partial charge in [-0.25, -0.2) is 4.79 Å². The minimum Gasteiger partial charge on any atom is -0.464 e. The molecule has 11 nitrogen and oxygen atoms in total. The minimum absolute atomic E-state index is 0.0303. The largest absolute Gasteiger partial charge is 0.464 e. The molecule has 5 rings (SSSR count). The number of hydrogen-bond donors (Lipinski definition) is 1. The summed E-state index contributed by atoms with van der Waals surface area (Å²) in [4.78, 5) is 44.4. The predicted molar refractivity (Wildman–Crippen MR) is 139 cm³/mol. The van der Waals surface area contributed by atoms with Gasteiger partial charge in [0, 0.05) is 17.1 Å². The average molecular weight is 551 g/mol. The van der Waals surface area contributed by atoms with Crippen molar-refractivity contribution in [2.45, 2.75) is 13.1 Å². The molecule has 1 N–H and O–H groups in total. The molecule has 13 heteroatoms. The number of esters is 1. The van der Waals surface area contributed by atoms with Crippen molar-refractivity contribution >= 4 is 40.6 Å². The highest BCUT2D eigenvalue weighted by atomic mass is 35.5. The van der Waals surface area contributed by atoms with E-state index in [0.29, 0.717) is 22.4 Å². The van der Waals surface area contributed by atoms with Crippen LogP contribution >= 0.6 is 22.9 Å². The van der Waals surface area contributed by atoms with Crippen molar-refractivity contribution < 1.29 is 18.8 Å². The molecule has 0 radical (unpaired) electrons. The van der Waals surface area contributed by atoms with Crippen LogP contribution in [0.3, 0.4) is 0 Å². The van der Waals surface area contributed by atoms with Gasteiger partial charge in [-0.15, -0.1) is 11.3 Å². The smallest absolute Gasteiger partial charge is 0.354 e. The van der Waals surface area contributed by atoms with E-state index in [4.69, 9.17) is 20.9 Å². The summed E-state index contributed by atoms with van der Waals surface area (Å²) in [6.45, 7) is 0.396. The van der Waals surface area contributed by atoms with Gasteiger partial charge in [0.15, 0.2) is 0 Å². The summed E-state index contributed by atoms with van der Waals surface area (Å²) in [5, 5.41) is 11.2. The van der Waals surface area contributed by atoms with Gasteiger partial charge in [0.25, 0.3) is 11.5 Å². The first-order valence-electron chi connectivity index (χ1n) is 11.2. The lowest BCUT2D eigenvalue weighted by Crippen LogP contribution is -2.28. The Hall–Kier alpha value is -4.55. The number of anilines is 1. The molecule has 0 aliphatic rings. The molecule has 0 spiro atoms. The number of hydrogen-bond acceptors (Lipinski definition) is 10. The Kier molecular flexibility index (Phi) is 7.15. The van der Waals surface area contributed by atoms with Gasteiger partial charge in [-0.3, -0.25) is 19.1 Å².